The molecular weight excluding hydrogens is 216 g/mol. The molecule has 1 N–H and O–H groups in total. The standard InChI is InChI=1S/C4H6N2O2.C4H4N2O2/c2*1-3-5-4(2-7)6-8-3/h7H,2H2,1H3;2H,1H3. The van der Waals surface area contributed by atoms with Gasteiger partial charge in [0.15, 0.2) is 12.1 Å². The van der Waals surface area contributed by atoms with Gasteiger partial charge in [-0.2, -0.15) is 9.97 Å². The van der Waals surface area contributed by atoms with Gasteiger partial charge < -0.3 is 14.2 Å². The minimum atomic E-state index is -0.155. The maximum Gasteiger partial charge on any atom is 0.235 e. The highest BCUT2D eigenvalue weighted by Crippen LogP contribution is 1.92. The van der Waals surface area contributed by atoms with E-state index in [0.717, 1.165) is 0 Å². The van der Waals surface area contributed by atoms with Gasteiger partial charge in [0.2, 0.25) is 17.6 Å². The first-order valence-electron chi connectivity index (χ1n) is 4.31. The van der Waals surface area contributed by atoms with Crippen LogP contribution in [0.25, 0.3) is 0 Å². The Hall–Kier alpha value is -2.09. The predicted octanol–water partition coefficient (Wildman–Crippen LogP) is 0.0608. The number of aromatic nitrogens is 4. The van der Waals surface area contributed by atoms with E-state index >= 15 is 0 Å². The Morgan fingerprint density at radius 2 is 1.81 bits per heavy atom. The summed E-state index contributed by atoms with van der Waals surface area (Å²) < 4.78 is 9.00. The number of rotatable bonds is 2. The zero-order valence-electron chi connectivity index (χ0n) is 8.75. The van der Waals surface area contributed by atoms with Gasteiger partial charge in [0, 0.05) is 13.8 Å². The molecule has 2 aromatic rings. The second kappa shape index (κ2) is 5.71. The number of aliphatic hydroxyl groups excluding tert-OH is 1. The molecule has 0 atom stereocenters. The molecule has 0 bridgehead atoms. The number of carbonyl (C=O) groups is 1. The topological polar surface area (TPSA) is 115 Å². The molecule has 2 aromatic heterocycles. The van der Waals surface area contributed by atoms with Crippen LogP contribution in [-0.2, 0) is 6.61 Å². The van der Waals surface area contributed by atoms with Crippen LogP contribution in [0.2, 0.25) is 0 Å². The first kappa shape index (κ1) is 12.0. The Labute approximate surface area is 90.3 Å². The van der Waals surface area contributed by atoms with E-state index in [9.17, 15) is 4.79 Å². The summed E-state index contributed by atoms with van der Waals surface area (Å²) in [7, 11) is 0. The van der Waals surface area contributed by atoms with Gasteiger partial charge in [0.05, 0.1) is 0 Å². The lowest BCUT2D eigenvalue weighted by Crippen LogP contribution is -1.83. The summed E-state index contributed by atoms with van der Waals surface area (Å²) in [4.78, 5) is 17.1. The maximum atomic E-state index is 9.83. The molecule has 8 nitrogen and oxygen atoms in total. The Morgan fingerprint density at radius 3 is 2.06 bits per heavy atom. The summed E-state index contributed by atoms with van der Waals surface area (Å²) in [5.41, 5.74) is 0. The van der Waals surface area contributed by atoms with Gasteiger partial charge in [0.1, 0.15) is 6.61 Å². The van der Waals surface area contributed by atoms with Crippen molar-refractivity contribution < 1.29 is 18.9 Å². The zero-order valence-corrected chi connectivity index (χ0v) is 8.75. The third-order valence-electron chi connectivity index (χ3n) is 1.36. The van der Waals surface area contributed by atoms with Crippen molar-refractivity contribution in [3.05, 3.63) is 23.4 Å². The highest BCUT2D eigenvalue weighted by Gasteiger charge is 1.96. The van der Waals surface area contributed by atoms with Crippen LogP contribution in [-0.4, -0.2) is 31.7 Å². The van der Waals surface area contributed by atoms with Crippen molar-refractivity contribution in [3.8, 4) is 0 Å². The Kier molecular flexibility index (Phi) is 4.28. The fourth-order valence-corrected chi connectivity index (χ4v) is 0.768. The van der Waals surface area contributed by atoms with E-state index in [2.05, 4.69) is 29.3 Å². The van der Waals surface area contributed by atoms with Gasteiger partial charge in [-0.15, -0.1) is 0 Å². The van der Waals surface area contributed by atoms with Gasteiger partial charge in [0.25, 0.3) is 0 Å². The molecule has 0 saturated carbocycles. The normalized spacial score (nSPS) is 9.44. The molecular formula is C8H10N4O4. The lowest BCUT2D eigenvalue weighted by Gasteiger charge is -1.74. The molecule has 0 saturated heterocycles. The summed E-state index contributed by atoms with van der Waals surface area (Å²) >= 11 is 0. The summed E-state index contributed by atoms with van der Waals surface area (Å²) in [5.74, 6) is 1.33. The molecule has 2 heterocycles. The van der Waals surface area contributed by atoms with Gasteiger partial charge in [-0.25, -0.2) is 0 Å². The van der Waals surface area contributed by atoms with E-state index in [1.165, 1.54) is 0 Å². The molecule has 0 unspecified atom stereocenters. The largest absolute Gasteiger partial charge is 0.388 e. The van der Waals surface area contributed by atoms with Gasteiger partial charge in [-0.3, -0.25) is 4.79 Å². The molecule has 2 rings (SSSR count). The van der Waals surface area contributed by atoms with Crippen molar-refractivity contribution in [3.63, 3.8) is 0 Å². The van der Waals surface area contributed by atoms with Crippen molar-refractivity contribution in [1.82, 2.24) is 20.3 Å². The molecule has 16 heavy (non-hydrogen) atoms. The van der Waals surface area contributed by atoms with Crippen LogP contribution < -0.4 is 0 Å². The predicted molar refractivity (Wildman–Crippen MR) is 49.4 cm³/mol. The van der Waals surface area contributed by atoms with Crippen molar-refractivity contribution in [2.45, 2.75) is 20.5 Å². The number of nitrogens with zero attached hydrogens (tertiary/aromatic N) is 4. The van der Waals surface area contributed by atoms with E-state index < -0.39 is 0 Å². The second-order valence-electron chi connectivity index (χ2n) is 2.68. The molecule has 0 aromatic carbocycles. The number of aryl methyl sites for hydroxylation is 2. The molecule has 0 aliphatic rings. The van der Waals surface area contributed by atoms with Crippen LogP contribution in [0.3, 0.4) is 0 Å². The SMILES string of the molecule is Cc1nc(C=O)no1.Cc1nc(CO)no1. The number of aldehydes is 1. The Bertz CT molecular complexity index is 450. The monoisotopic (exact) mass is 226 g/mol. The van der Waals surface area contributed by atoms with Gasteiger partial charge >= 0.3 is 0 Å². The number of aliphatic hydroxyl groups is 1. The number of carbonyl (C=O) groups excluding carboxylic acids is 1. The third-order valence-corrected chi connectivity index (χ3v) is 1.36. The minimum absolute atomic E-state index is 0.0995. The van der Waals surface area contributed by atoms with Crippen LogP contribution in [0, 0.1) is 13.8 Å². The van der Waals surface area contributed by atoms with Crippen LogP contribution in [0.15, 0.2) is 9.05 Å². The van der Waals surface area contributed by atoms with E-state index in [1.54, 1.807) is 13.8 Å². The Balaban J connectivity index is 0.000000160. The van der Waals surface area contributed by atoms with E-state index in [-0.39, 0.29) is 12.4 Å². The summed E-state index contributed by atoms with van der Waals surface area (Å²) in [5, 5.41) is 15.0. The molecule has 0 amide bonds. The molecule has 8 heteroatoms. The van der Waals surface area contributed by atoms with E-state index in [1.807, 2.05) is 0 Å². The van der Waals surface area contributed by atoms with Crippen LogP contribution >= 0.6 is 0 Å². The number of hydrogen-bond acceptors (Lipinski definition) is 8. The lowest BCUT2D eigenvalue weighted by atomic mass is 10.7. The molecule has 0 radical (unpaired) electrons. The number of hydrogen-bond donors (Lipinski definition) is 1. The fraction of sp³-hybridized carbons (Fsp3) is 0.375. The summed E-state index contributed by atoms with van der Waals surface area (Å²) in [6.45, 7) is 3.14. The van der Waals surface area contributed by atoms with Crippen LogP contribution in [0.5, 0.6) is 0 Å². The van der Waals surface area contributed by atoms with Crippen LogP contribution in [0.4, 0.5) is 0 Å². The fourth-order valence-electron chi connectivity index (χ4n) is 0.768. The first-order valence-corrected chi connectivity index (χ1v) is 4.31. The second-order valence-corrected chi connectivity index (χ2v) is 2.68. The van der Waals surface area contributed by atoms with Gasteiger partial charge in [-0.05, 0) is 0 Å². The molecule has 0 spiro atoms. The molecule has 0 aliphatic carbocycles. The van der Waals surface area contributed by atoms with Crippen LogP contribution in [0.1, 0.15) is 28.2 Å². The summed E-state index contributed by atoms with van der Waals surface area (Å²) in [6.07, 6.45) is 0.538. The average molecular weight is 226 g/mol. The highest BCUT2D eigenvalue weighted by atomic mass is 16.5. The average Bonchev–Trinajstić information content (AvgIpc) is 2.88. The molecule has 0 fully saturated rings. The van der Waals surface area contributed by atoms with Crippen molar-refractivity contribution >= 4 is 6.29 Å². The maximum absolute atomic E-state index is 9.83. The minimum Gasteiger partial charge on any atom is -0.388 e. The van der Waals surface area contributed by atoms with Gasteiger partial charge in [-0.1, -0.05) is 10.3 Å². The smallest absolute Gasteiger partial charge is 0.235 e. The van der Waals surface area contributed by atoms with Crippen molar-refractivity contribution in [2.75, 3.05) is 0 Å². The van der Waals surface area contributed by atoms with Crippen molar-refractivity contribution in [2.24, 2.45) is 0 Å². The zero-order chi connectivity index (χ0) is 12.0. The molecule has 86 valence electrons. The molecule has 0 aliphatic heterocycles. The lowest BCUT2D eigenvalue weighted by molar-refractivity contribution is 0.111. The highest BCUT2D eigenvalue weighted by molar-refractivity contribution is 5.68. The Morgan fingerprint density at radius 1 is 1.19 bits per heavy atom. The van der Waals surface area contributed by atoms with Crippen molar-refractivity contribution in [1.29, 1.82) is 0 Å². The van der Waals surface area contributed by atoms with E-state index in [0.29, 0.717) is 23.9 Å². The van der Waals surface area contributed by atoms with E-state index in [4.69, 9.17) is 5.11 Å². The third kappa shape index (κ3) is 3.58. The first-order chi connectivity index (χ1) is 7.65. The summed E-state index contributed by atoms with van der Waals surface area (Å²) in [6, 6.07) is 0. The quantitative estimate of drug-likeness (QED) is 0.714.